The van der Waals surface area contributed by atoms with Crippen LogP contribution in [0, 0.1) is 19.7 Å². The predicted molar refractivity (Wildman–Crippen MR) is 169 cm³/mol. The summed E-state index contributed by atoms with van der Waals surface area (Å²) in [4.78, 5) is 28.9. The minimum atomic E-state index is -4.33. The van der Waals surface area contributed by atoms with Crippen LogP contribution in [0.3, 0.4) is 0 Å². The number of carbonyl (C=O) groups is 2. The maximum absolute atomic E-state index is 14.3. The van der Waals surface area contributed by atoms with Crippen molar-refractivity contribution in [2.75, 3.05) is 25.1 Å². The Bertz CT molecular complexity index is 1540. The number of hydrogen-bond donors (Lipinski definition) is 1. The van der Waals surface area contributed by atoms with E-state index in [-0.39, 0.29) is 35.6 Å². The molecule has 0 saturated heterocycles. The van der Waals surface area contributed by atoms with Gasteiger partial charge in [-0.25, -0.2) is 12.8 Å². The zero-order chi connectivity index (χ0) is 32.6. The number of nitrogens with one attached hydrogen (secondary N) is 1. The van der Waals surface area contributed by atoms with E-state index in [1.54, 1.807) is 19.1 Å². The van der Waals surface area contributed by atoms with Gasteiger partial charge in [0.05, 0.1) is 24.8 Å². The van der Waals surface area contributed by atoms with Crippen molar-refractivity contribution in [1.29, 1.82) is 0 Å². The molecule has 3 aromatic rings. The highest BCUT2D eigenvalue weighted by Gasteiger charge is 2.34. The Labute approximate surface area is 260 Å². The lowest BCUT2D eigenvalue weighted by Gasteiger charge is -2.34. The van der Waals surface area contributed by atoms with Crippen LogP contribution in [0.25, 0.3) is 0 Å². The minimum absolute atomic E-state index is 0.0252. The highest BCUT2D eigenvalue weighted by atomic mass is 32.2. The van der Waals surface area contributed by atoms with Crippen LogP contribution in [-0.4, -0.2) is 58.0 Å². The topological polar surface area (TPSA) is 105 Å². The quantitative estimate of drug-likeness (QED) is 0.258. The van der Waals surface area contributed by atoms with Gasteiger partial charge in [-0.2, -0.15) is 0 Å². The molecule has 3 aromatic carbocycles. The first-order valence-electron chi connectivity index (χ1n) is 14.5. The van der Waals surface area contributed by atoms with Gasteiger partial charge in [-0.15, -0.1) is 0 Å². The molecule has 1 N–H and O–H groups in total. The Morgan fingerprint density at radius 1 is 0.886 bits per heavy atom. The summed E-state index contributed by atoms with van der Waals surface area (Å²) in [6, 6.07) is 14.1. The third-order valence-corrected chi connectivity index (χ3v) is 9.14. The number of hydrogen-bond acceptors (Lipinski definition) is 6. The van der Waals surface area contributed by atoms with Crippen molar-refractivity contribution in [1.82, 2.24) is 10.2 Å². The molecule has 0 bridgehead atoms. The Morgan fingerprint density at radius 2 is 1.50 bits per heavy atom. The fourth-order valence-electron chi connectivity index (χ4n) is 4.87. The molecule has 0 aliphatic heterocycles. The molecule has 2 atom stereocenters. The molecule has 0 aliphatic rings. The molecule has 11 heteroatoms. The number of sulfonamides is 1. The molecule has 9 nitrogen and oxygen atoms in total. The van der Waals surface area contributed by atoms with Crippen molar-refractivity contribution in [2.24, 2.45) is 0 Å². The van der Waals surface area contributed by atoms with E-state index in [4.69, 9.17) is 9.47 Å². The largest absolute Gasteiger partial charge is 0.493 e. The smallest absolute Gasteiger partial charge is 0.264 e. The van der Waals surface area contributed by atoms with Crippen LogP contribution < -0.4 is 19.1 Å². The van der Waals surface area contributed by atoms with E-state index in [0.29, 0.717) is 23.4 Å². The number of aryl methyl sites for hydroxylation is 2. The second kappa shape index (κ2) is 15.1. The predicted octanol–water partition coefficient (Wildman–Crippen LogP) is 5.38. The summed E-state index contributed by atoms with van der Waals surface area (Å²) in [6.45, 7) is 8.66. The summed E-state index contributed by atoms with van der Waals surface area (Å²) in [5.74, 6) is -0.813. The number of halogens is 1. The van der Waals surface area contributed by atoms with E-state index < -0.39 is 34.3 Å². The second-order valence-corrected chi connectivity index (χ2v) is 12.6. The Kier molecular flexibility index (Phi) is 11.8. The number of ether oxygens (including phenoxy) is 2. The van der Waals surface area contributed by atoms with Crippen LogP contribution in [0.15, 0.2) is 65.6 Å². The summed E-state index contributed by atoms with van der Waals surface area (Å²) in [5, 5.41) is 2.94. The van der Waals surface area contributed by atoms with Crippen LogP contribution in [0.2, 0.25) is 0 Å². The van der Waals surface area contributed by atoms with E-state index in [2.05, 4.69) is 5.32 Å². The lowest BCUT2D eigenvalue weighted by atomic mass is 10.1. The fourth-order valence-corrected chi connectivity index (χ4v) is 6.29. The highest BCUT2D eigenvalue weighted by molar-refractivity contribution is 7.92. The molecule has 0 fully saturated rings. The fraction of sp³-hybridized carbons (Fsp3) is 0.394. The van der Waals surface area contributed by atoms with Gasteiger partial charge in [-0.05, 0) is 86.7 Å². The second-order valence-electron chi connectivity index (χ2n) is 10.8. The third-order valence-electron chi connectivity index (χ3n) is 7.37. The number of rotatable bonds is 14. The first kappa shape index (κ1) is 34.4. The van der Waals surface area contributed by atoms with Crippen molar-refractivity contribution in [2.45, 2.75) is 71.0 Å². The van der Waals surface area contributed by atoms with E-state index in [0.717, 1.165) is 15.4 Å². The monoisotopic (exact) mass is 627 g/mol. The SMILES string of the molecule is CC[C@H](C)NC(=O)[C@H](CC)N(Cc1ccc(F)cc1)C(=O)CN(c1cc(C)cc(C)c1)S(=O)(=O)c1ccc(OC)c(OC)c1. The third kappa shape index (κ3) is 8.28. The molecule has 0 unspecified atom stereocenters. The normalized spacial score (nSPS) is 12.6. The molecule has 0 aliphatic carbocycles. The molecule has 0 spiro atoms. The molecule has 238 valence electrons. The number of carbonyl (C=O) groups excluding carboxylic acids is 2. The van der Waals surface area contributed by atoms with Crippen LogP contribution in [0.4, 0.5) is 10.1 Å². The average molecular weight is 628 g/mol. The van der Waals surface area contributed by atoms with Crippen molar-refractivity contribution in [3.63, 3.8) is 0 Å². The van der Waals surface area contributed by atoms with Gasteiger partial charge in [0, 0.05) is 18.7 Å². The van der Waals surface area contributed by atoms with Crippen LogP contribution in [0.1, 0.15) is 50.3 Å². The molecule has 0 saturated carbocycles. The molecule has 2 amide bonds. The van der Waals surface area contributed by atoms with Crippen molar-refractivity contribution in [3.8, 4) is 11.5 Å². The van der Waals surface area contributed by atoms with Crippen molar-refractivity contribution in [3.05, 3.63) is 83.2 Å². The van der Waals surface area contributed by atoms with E-state index in [1.165, 1.54) is 61.6 Å². The van der Waals surface area contributed by atoms with Crippen molar-refractivity contribution < 1.29 is 31.9 Å². The summed E-state index contributed by atoms with van der Waals surface area (Å²) < 4.78 is 53.9. The number of anilines is 1. The van der Waals surface area contributed by atoms with Gasteiger partial charge in [0.15, 0.2) is 11.5 Å². The Morgan fingerprint density at radius 3 is 2.05 bits per heavy atom. The first-order valence-corrected chi connectivity index (χ1v) is 16.0. The lowest BCUT2D eigenvalue weighted by Crippen LogP contribution is -2.53. The van der Waals surface area contributed by atoms with Crippen LogP contribution in [-0.2, 0) is 26.2 Å². The molecule has 3 rings (SSSR count). The summed E-state index contributed by atoms with van der Waals surface area (Å²) in [6.07, 6.45) is 0.972. The zero-order valence-corrected chi connectivity index (χ0v) is 27.2. The molecular weight excluding hydrogens is 585 g/mol. The van der Waals surface area contributed by atoms with Gasteiger partial charge in [0.2, 0.25) is 11.8 Å². The summed E-state index contributed by atoms with van der Waals surface area (Å²) in [7, 11) is -1.47. The average Bonchev–Trinajstić information content (AvgIpc) is 2.99. The molecule has 0 aromatic heterocycles. The van der Waals surface area contributed by atoms with Crippen LogP contribution in [0.5, 0.6) is 11.5 Å². The van der Waals surface area contributed by atoms with Crippen molar-refractivity contribution >= 4 is 27.5 Å². The highest BCUT2D eigenvalue weighted by Crippen LogP contribution is 2.33. The van der Waals surface area contributed by atoms with Gasteiger partial charge < -0.3 is 19.7 Å². The van der Waals surface area contributed by atoms with E-state index >= 15 is 0 Å². The van der Waals surface area contributed by atoms with Gasteiger partial charge in [0.1, 0.15) is 18.4 Å². The standard InChI is InChI=1S/C33H42FN3O6S/c1-8-24(5)35-33(39)29(9-2)36(20-25-10-12-26(34)13-11-25)32(38)21-37(27-17-22(3)16-23(4)18-27)44(40,41)28-14-15-30(42-6)31(19-28)43-7/h10-19,24,29H,8-9,20-21H2,1-7H3,(H,35,39)/t24-,29-/m0/s1. The maximum Gasteiger partial charge on any atom is 0.264 e. The van der Waals surface area contributed by atoms with Crippen LogP contribution >= 0.6 is 0 Å². The van der Waals surface area contributed by atoms with Gasteiger partial charge in [-0.3, -0.25) is 13.9 Å². The van der Waals surface area contributed by atoms with E-state index in [1.807, 2.05) is 33.8 Å². The van der Waals surface area contributed by atoms with Gasteiger partial charge in [0.25, 0.3) is 10.0 Å². The molecule has 44 heavy (non-hydrogen) atoms. The Hall–Kier alpha value is -4.12. The number of benzene rings is 3. The van der Waals surface area contributed by atoms with Gasteiger partial charge >= 0.3 is 0 Å². The minimum Gasteiger partial charge on any atom is -0.493 e. The summed E-state index contributed by atoms with van der Waals surface area (Å²) in [5.41, 5.74) is 2.50. The van der Waals surface area contributed by atoms with Gasteiger partial charge in [-0.1, -0.05) is 32.0 Å². The molecular formula is C33H42FN3O6S. The molecule has 0 radical (unpaired) electrons. The number of methoxy groups -OCH3 is 2. The Balaban J connectivity index is 2.13. The maximum atomic E-state index is 14.3. The summed E-state index contributed by atoms with van der Waals surface area (Å²) >= 11 is 0. The van der Waals surface area contributed by atoms with E-state index in [9.17, 15) is 22.4 Å². The number of nitrogens with zero attached hydrogens (tertiary/aromatic N) is 2. The molecule has 0 heterocycles. The zero-order valence-electron chi connectivity index (χ0n) is 26.4. The first-order chi connectivity index (χ1) is 20.8. The lowest BCUT2D eigenvalue weighted by molar-refractivity contribution is -0.140. The number of amides is 2.